The van der Waals surface area contributed by atoms with Crippen LogP contribution in [0, 0.1) is 23.7 Å². The van der Waals surface area contributed by atoms with E-state index in [-0.39, 0.29) is 5.92 Å². The molecule has 1 amide bonds. The summed E-state index contributed by atoms with van der Waals surface area (Å²) < 4.78 is 0. The summed E-state index contributed by atoms with van der Waals surface area (Å²) in [4.78, 5) is 15.1. The molecule has 3 nitrogen and oxygen atoms in total. The van der Waals surface area contributed by atoms with Crippen molar-refractivity contribution >= 4 is 5.91 Å². The molecule has 20 heavy (non-hydrogen) atoms. The van der Waals surface area contributed by atoms with E-state index in [0.717, 1.165) is 32.4 Å². The van der Waals surface area contributed by atoms with Crippen molar-refractivity contribution in [2.45, 2.75) is 65.3 Å². The average Bonchev–Trinajstić information content (AvgIpc) is 2.43. The molecule has 1 aliphatic heterocycles. The largest absolute Gasteiger partial charge is 0.339 e. The smallest absolute Gasteiger partial charge is 0.225 e. The maximum atomic E-state index is 12.9. The van der Waals surface area contributed by atoms with Crippen LogP contribution in [0.5, 0.6) is 0 Å². The van der Waals surface area contributed by atoms with Gasteiger partial charge in [0, 0.05) is 18.5 Å². The lowest BCUT2D eigenvalue weighted by Crippen LogP contribution is -2.51. The highest BCUT2D eigenvalue weighted by atomic mass is 16.2. The maximum Gasteiger partial charge on any atom is 0.225 e. The Morgan fingerprint density at radius 3 is 2.65 bits per heavy atom. The number of nitrogens with zero attached hydrogens (tertiary/aromatic N) is 1. The molecule has 1 aliphatic carbocycles. The fourth-order valence-electron chi connectivity index (χ4n) is 4.25. The van der Waals surface area contributed by atoms with Crippen LogP contribution in [0.3, 0.4) is 0 Å². The number of carbonyl (C=O) groups excluding carboxylic acids is 1. The molecule has 2 aliphatic rings. The minimum absolute atomic E-state index is 0.264. The number of hydrogen-bond donors (Lipinski definition) is 1. The van der Waals surface area contributed by atoms with Crippen LogP contribution < -0.4 is 5.73 Å². The quantitative estimate of drug-likeness (QED) is 0.863. The summed E-state index contributed by atoms with van der Waals surface area (Å²) in [5, 5.41) is 0. The first kappa shape index (κ1) is 15.8. The summed E-state index contributed by atoms with van der Waals surface area (Å²) in [6.07, 6.45) is 6.98. The van der Waals surface area contributed by atoms with Gasteiger partial charge in [-0.1, -0.05) is 26.7 Å². The average molecular weight is 280 g/mol. The summed E-state index contributed by atoms with van der Waals surface area (Å²) in [6.45, 7) is 8.52. The Bertz CT molecular complexity index is 329. The fourth-order valence-corrected chi connectivity index (χ4v) is 4.25. The number of rotatable bonds is 3. The van der Waals surface area contributed by atoms with Crippen LogP contribution in [0.1, 0.15) is 59.3 Å². The van der Waals surface area contributed by atoms with E-state index in [0.29, 0.717) is 29.7 Å². The van der Waals surface area contributed by atoms with E-state index in [4.69, 9.17) is 5.73 Å². The fraction of sp³-hybridized carbons (Fsp3) is 0.941. The lowest BCUT2D eigenvalue weighted by Gasteiger charge is -2.43. The van der Waals surface area contributed by atoms with E-state index in [1.807, 2.05) is 0 Å². The van der Waals surface area contributed by atoms with Crippen LogP contribution in [0.2, 0.25) is 0 Å². The minimum Gasteiger partial charge on any atom is -0.339 e. The predicted octanol–water partition coefficient (Wildman–Crippen LogP) is 3.03. The maximum absolute atomic E-state index is 12.9. The highest BCUT2D eigenvalue weighted by Gasteiger charge is 2.36. The molecule has 2 N–H and O–H groups in total. The molecule has 1 saturated carbocycles. The summed E-state index contributed by atoms with van der Waals surface area (Å²) in [5.41, 5.74) is 5.69. The van der Waals surface area contributed by atoms with E-state index in [1.165, 1.54) is 19.3 Å². The summed E-state index contributed by atoms with van der Waals surface area (Å²) in [7, 11) is 0. The van der Waals surface area contributed by atoms with Gasteiger partial charge in [0.2, 0.25) is 5.91 Å². The molecule has 2 fully saturated rings. The molecule has 0 spiro atoms. The Hall–Kier alpha value is -0.570. The molecular formula is C17H32N2O. The summed E-state index contributed by atoms with van der Waals surface area (Å²) >= 11 is 0. The Kier molecular flexibility index (Phi) is 5.48. The van der Waals surface area contributed by atoms with Crippen LogP contribution in [0.4, 0.5) is 0 Å². The topological polar surface area (TPSA) is 46.3 Å². The first-order valence-electron chi connectivity index (χ1n) is 8.53. The van der Waals surface area contributed by atoms with Gasteiger partial charge in [0.25, 0.3) is 0 Å². The van der Waals surface area contributed by atoms with Crippen molar-refractivity contribution in [1.29, 1.82) is 0 Å². The highest BCUT2D eigenvalue weighted by Crippen LogP contribution is 2.35. The molecular weight excluding hydrogens is 248 g/mol. The second-order valence-electron chi connectivity index (χ2n) is 7.36. The zero-order valence-corrected chi connectivity index (χ0v) is 13.5. The van der Waals surface area contributed by atoms with Crippen LogP contribution >= 0.6 is 0 Å². The third-order valence-corrected chi connectivity index (χ3v) is 5.59. The predicted molar refractivity (Wildman–Crippen MR) is 83.2 cm³/mol. The number of likely N-dealkylation sites (tertiary alicyclic amines) is 1. The Balaban J connectivity index is 1.98. The number of nitrogens with two attached hydrogens (primary N) is 1. The van der Waals surface area contributed by atoms with Crippen molar-refractivity contribution in [2.75, 3.05) is 13.1 Å². The van der Waals surface area contributed by atoms with Crippen LogP contribution in [0.15, 0.2) is 0 Å². The standard InChI is InChI=1S/C17H32N2O/c1-12-9-13(2)14(3)19(11-12)17(20)16-6-4-5-15(10-16)7-8-18/h12-16H,4-11,18H2,1-3H3. The van der Waals surface area contributed by atoms with Crippen molar-refractivity contribution in [3.8, 4) is 0 Å². The second-order valence-corrected chi connectivity index (χ2v) is 7.36. The highest BCUT2D eigenvalue weighted by molar-refractivity contribution is 5.79. The lowest BCUT2D eigenvalue weighted by atomic mass is 9.78. The number of amides is 1. The van der Waals surface area contributed by atoms with Gasteiger partial charge in [-0.15, -0.1) is 0 Å². The van der Waals surface area contributed by atoms with Crippen molar-refractivity contribution in [1.82, 2.24) is 4.90 Å². The van der Waals surface area contributed by atoms with Gasteiger partial charge in [0.15, 0.2) is 0 Å². The van der Waals surface area contributed by atoms with E-state index in [9.17, 15) is 4.79 Å². The van der Waals surface area contributed by atoms with E-state index < -0.39 is 0 Å². The molecule has 3 heteroatoms. The Morgan fingerprint density at radius 1 is 1.20 bits per heavy atom. The monoisotopic (exact) mass is 280 g/mol. The van der Waals surface area contributed by atoms with Gasteiger partial charge < -0.3 is 10.6 Å². The normalized spacial score (nSPS) is 38.8. The first-order chi connectivity index (χ1) is 9.52. The molecule has 0 aromatic carbocycles. The SMILES string of the molecule is CC1CC(C)C(C)N(C(=O)C2CCCC(CCN)C2)C1. The molecule has 2 rings (SSSR count). The van der Waals surface area contributed by atoms with Gasteiger partial charge >= 0.3 is 0 Å². The van der Waals surface area contributed by atoms with Gasteiger partial charge in [-0.25, -0.2) is 0 Å². The molecule has 5 atom stereocenters. The minimum atomic E-state index is 0.264. The first-order valence-corrected chi connectivity index (χ1v) is 8.53. The molecule has 0 aromatic heterocycles. The van der Waals surface area contributed by atoms with Crippen LogP contribution in [-0.4, -0.2) is 29.9 Å². The summed E-state index contributed by atoms with van der Waals surface area (Å²) in [6, 6.07) is 0.411. The van der Waals surface area contributed by atoms with Crippen molar-refractivity contribution in [3.63, 3.8) is 0 Å². The second kappa shape index (κ2) is 6.93. The van der Waals surface area contributed by atoms with Crippen molar-refractivity contribution in [3.05, 3.63) is 0 Å². The lowest BCUT2D eigenvalue weighted by molar-refractivity contribution is -0.143. The van der Waals surface area contributed by atoms with Gasteiger partial charge in [0.05, 0.1) is 0 Å². The van der Waals surface area contributed by atoms with Gasteiger partial charge in [-0.05, 0) is 56.9 Å². The Labute approximate surface area is 124 Å². The zero-order valence-electron chi connectivity index (χ0n) is 13.5. The molecule has 0 radical (unpaired) electrons. The van der Waals surface area contributed by atoms with E-state index in [1.54, 1.807) is 0 Å². The van der Waals surface area contributed by atoms with Gasteiger partial charge in [-0.3, -0.25) is 4.79 Å². The molecule has 116 valence electrons. The van der Waals surface area contributed by atoms with Crippen LogP contribution in [-0.2, 0) is 4.79 Å². The molecule has 0 aromatic rings. The van der Waals surface area contributed by atoms with Gasteiger partial charge in [-0.2, -0.15) is 0 Å². The van der Waals surface area contributed by atoms with Crippen molar-refractivity contribution < 1.29 is 4.79 Å². The summed E-state index contributed by atoms with van der Waals surface area (Å²) in [5.74, 6) is 2.65. The molecule has 0 bridgehead atoms. The van der Waals surface area contributed by atoms with Gasteiger partial charge in [0.1, 0.15) is 0 Å². The van der Waals surface area contributed by atoms with E-state index in [2.05, 4.69) is 25.7 Å². The van der Waals surface area contributed by atoms with Crippen molar-refractivity contribution in [2.24, 2.45) is 29.4 Å². The molecule has 1 saturated heterocycles. The van der Waals surface area contributed by atoms with E-state index >= 15 is 0 Å². The number of carbonyl (C=O) groups is 1. The molecule has 1 heterocycles. The van der Waals surface area contributed by atoms with Crippen LogP contribution in [0.25, 0.3) is 0 Å². The molecule has 5 unspecified atom stereocenters. The third-order valence-electron chi connectivity index (χ3n) is 5.59. The third kappa shape index (κ3) is 3.55. The number of piperidine rings is 1. The zero-order chi connectivity index (χ0) is 14.7. The Morgan fingerprint density at radius 2 is 1.95 bits per heavy atom. The number of hydrogen-bond acceptors (Lipinski definition) is 2.